The van der Waals surface area contributed by atoms with Crippen LogP contribution in [0.2, 0.25) is 10.0 Å². The molecule has 0 bridgehead atoms. The number of halogens is 3. The van der Waals surface area contributed by atoms with E-state index in [0.717, 1.165) is 30.6 Å². The molecule has 0 aliphatic heterocycles. The van der Waals surface area contributed by atoms with Crippen LogP contribution in [-0.4, -0.2) is 28.6 Å². The van der Waals surface area contributed by atoms with E-state index in [1.807, 2.05) is 6.92 Å². The van der Waals surface area contributed by atoms with E-state index in [9.17, 15) is 9.59 Å². The van der Waals surface area contributed by atoms with Crippen molar-refractivity contribution >= 4 is 57.6 Å². The number of carboxylic acids is 1. The van der Waals surface area contributed by atoms with Gasteiger partial charge in [-0.2, -0.15) is 0 Å². The van der Waals surface area contributed by atoms with Crippen LogP contribution in [0.25, 0.3) is 17.3 Å². The van der Waals surface area contributed by atoms with Crippen LogP contribution in [0, 0.1) is 5.82 Å². The molecule has 1 atom stereocenters. The highest BCUT2D eigenvalue weighted by molar-refractivity contribution is 7.14. The Morgan fingerprint density at radius 3 is 2.57 bits per heavy atom. The van der Waals surface area contributed by atoms with Crippen LogP contribution in [-0.2, 0) is 9.53 Å². The normalized spacial score (nSPS) is 12.4. The number of carbonyl (C=O) groups is 2. The summed E-state index contributed by atoms with van der Waals surface area (Å²) in [5.74, 6) is -2.01. The molecule has 0 fully saturated rings. The summed E-state index contributed by atoms with van der Waals surface area (Å²) >= 11 is 13.7. The number of nitrogens with one attached hydrogen (secondary N) is 1. The molecule has 0 radical (unpaired) electrons. The third-order valence-electron chi connectivity index (χ3n) is 5.60. The second-order valence-corrected chi connectivity index (χ2v) is 9.95. The fourth-order valence-corrected chi connectivity index (χ4v) is 4.97. The van der Waals surface area contributed by atoms with Gasteiger partial charge in [0.05, 0.1) is 21.8 Å². The minimum Gasteiger partial charge on any atom is -0.478 e. The molecule has 0 aliphatic carbocycles. The Hall–Kier alpha value is -2.78. The van der Waals surface area contributed by atoms with Gasteiger partial charge in [0.1, 0.15) is 5.82 Å². The highest BCUT2D eigenvalue weighted by atomic mass is 35.5. The van der Waals surface area contributed by atoms with Crippen molar-refractivity contribution in [2.45, 2.75) is 46.1 Å². The fraction of sp³-hybridized carbons (Fsp3) is 0.296. The maximum atomic E-state index is 15.5. The van der Waals surface area contributed by atoms with E-state index in [2.05, 4.69) is 17.2 Å². The minimum atomic E-state index is -1.11. The maximum Gasteiger partial charge on any atom is 0.331 e. The van der Waals surface area contributed by atoms with Gasteiger partial charge in [-0.25, -0.2) is 14.2 Å². The minimum absolute atomic E-state index is 0.0468. The number of aromatic nitrogens is 1. The number of rotatable bonds is 11. The number of unbranched alkanes of at least 4 members (excludes halogenated alkanes) is 1. The number of aliphatic carboxylic acids is 1. The van der Waals surface area contributed by atoms with Crippen LogP contribution >= 0.6 is 34.5 Å². The van der Waals surface area contributed by atoms with Crippen molar-refractivity contribution < 1.29 is 23.8 Å². The van der Waals surface area contributed by atoms with Crippen LogP contribution < -0.4 is 5.32 Å². The molecular weight excluding hydrogens is 538 g/mol. The molecule has 3 aromatic rings. The first kappa shape index (κ1) is 28.8. The summed E-state index contributed by atoms with van der Waals surface area (Å²) in [5, 5.41) is 14.0. The lowest BCUT2D eigenvalue weighted by Gasteiger charge is -2.19. The van der Waals surface area contributed by atoms with E-state index >= 15 is 4.39 Å². The standard InChI is InChI=1S/C27H27Cl2FN2O4S/c1-4-6-10-23(36-5-2)18-9-7-8-17(24(18)30)22-14-37-27(31-22)32-25(33)16-12-20(28)19(21(29)13-16)11-15(3)26(34)35/h7-9,11-14,23H,4-6,10H2,1-3H3,(H,34,35)(H,31,32,33)/b15-11+. The lowest BCUT2D eigenvalue weighted by atomic mass is 9.99. The first-order valence-electron chi connectivity index (χ1n) is 11.7. The molecule has 196 valence electrons. The summed E-state index contributed by atoms with van der Waals surface area (Å²) in [6.45, 7) is 5.86. The van der Waals surface area contributed by atoms with Gasteiger partial charge >= 0.3 is 5.97 Å². The van der Waals surface area contributed by atoms with Crippen molar-refractivity contribution in [1.29, 1.82) is 0 Å². The molecule has 2 aromatic carbocycles. The SMILES string of the molecule is CCCCC(OCC)c1cccc(-c2csc(NC(=O)c3cc(Cl)c(/C=C(\C)C(=O)O)c(Cl)c3)n2)c1F. The summed E-state index contributed by atoms with van der Waals surface area (Å²) in [4.78, 5) is 28.3. The van der Waals surface area contributed by atoms with Gasteiger partial charge in [-0.1, -0.05) is 55.1 Å². The molecule has 1 unspecified atom stereocenters. The smallest absolute Gasteiger partial charge is 0.331 e. The largest absolute Gasteiger partial charge is 0.478 e. The third-order valence-corrected chi connectivity index (χ3v) is 6.99. The number of amides is 1. The number of benzene rings is 2. The Bertz CT molecular complexity index is 1300. The van der Waals surface area contributed by atoms with Gasteiger partial charge in [0.25, 0.3) is 5.91 Å². The first-order chi connectivity index (χ1) is 17.7. The van der Waals surface area contributed by atoms with E-state index in [-0.39, 0.29) is 38.2 Å². The second-order valence-electron chi connectivity index (χ2n) is 8.27. The van der Waals surface area contributed by atoms with Crippen LogP contribution in [0.1, 0.15) is 67.6 Å². The zero-order valence-electron chi connectivity index (χ0n) is 20.6. The molecule has 2 N–H and O–H groups in total. The third kappa shape index (κ3) is 7.17. The topological polar surface area (TPSA) is 88.5 Å². The number of ether oxygens (including phenoxy) is 1. The van der Waals surface area contributed by atoms with Gasteiger partial charge < -0.3 is 9.84 Å². The van der Waals surface area contributed by atoms with Gasteiger partial charge in [0, 0.05) is 39.8 Å². The number of hydrogen-bond donors (Lipinski definition) is 2. The average molecular weight is 565 g/mol. The van der Waals surface area contributed by atoms with Gasteiger partial charge in [-0.3, -0.25) is 10.1 Å². The summed E-state index contributed by atoms with van der Waals surface area (Å²) < 4.78 is 21.3. The molecule has 1 heterocycles. The van der Waals surface area contributed by atoms with Crippen LogP contribution in [0.3, 0.4) is 0 Å². The van der Waals surface area contributed by atoms with Gasteiger partial charge in [0.2, 0.25) is 0 Å². The van der Waals surface area contributed by atoms with Crippen molar-refractivity contribution in [2.24, 2.45) is 0 Å². The second kappa shape index (κ2) is 13.1. The quantitative estimate of drug-likeness (QED) is 0.229. The van der Waals surface area contributed by atoms with Gasteiger partial charge in [-0.15, -0.1) is 11.3 Å². The number of hydrogen-bond acceptors (Lipinski definition) is 5. The lowest BCUT2D eigenvalue weighted by molar-refractivity contribution is -0.132. The predicted octanol–water partition coefficient (Wildman–Crippen LogP) is 8.26. The Morgan fingerprint density at radius 2 is 1.95 bits per heavy atom. The number of anilines is 1. The molecule has 1 aromatic heterocycles. The summed E-state index contributed by atoms with van der Waals surface area (Å²) in [7, 11) is 0. The highest BCUT2D eigenvalue weighted by Crippen LogP contribution is 2.34. The monoisotopic (exact) mass is 564 g/mol. The Labute approximate surface area is 229 Å². The molecule has 0 saturated heterocycles. The lowest BCUT2D eigenvalue weighted by Crippen LogP contribution is -2.12. The molecule has 3 rings (SSSR count). The number of thiazole rings is 1. The molecule has 0 saturated carbocycles. The zero-order valence-corrected chi connectivity index (χ0v) is 22.9. The van der Waals surface area contributed by atoms with Crippen molar-refractivity contribution in [2.75, 3.05) is 11.9 Å². The maximum absolute atomic E-state index is 15.5. The van der Waals surface area contributed by atoms with Gasteiger partial charge in [-0.05, 0) is 44.5 Å². The molecule has 37 heavy (non-hydrogen) atoms. The summed E-state index contributed by atoms with van der Waals surface area (Å²) in [6, 6.07) is 7.94. The number of carbonyl (C=O) groups excluding carboxylic acids is 1. The average Bonchev–Trinajstić information content (AvgIpc) is 3.32. The van der Waals surface area contributed by atoms with E-state index in [1.54, 1.807) is 23.6 Å². The Morgan fingerprint density at radius 1 is 1.24 bits per heavy atom. The molecule has 1 amide bonds. The van der Waals surface area contributed by atoms with Crippen LogP contribution in [0.5, 0.6) is 0 Å². The van der Waals surface area contributed by atoms with E-state index in [1.165, 1.54) is 25.1 Å². The summed E-state index contributed by atoms with van der Waals surface area (Å²) in [6.07, 6.45) is 3.62. The van der Waals surface area contributed by atoms with Crippen LogP contribution in [0.4, 0.5) is 9.52 Å². The predicted molar refractivity (Wildman–Crippen MR) is 147 cm³/mol. The molecule has 0 aliphatic rings. The highest BCUT2D eigenvalue weighted by Gasteiger charge is 2.21. The van der Waals surface area contributed by atoms with E-state index in [4.69, 9.17) is 33.0 Å². The molecule has 6 nitrogen and oxygen atoms in total. The fourth-order valence-electron chi connectivity index (χ4n) is 3.67. The van der Waals surface area contributed by atoms with Crippen molar-refractivity contribution in [1.82, 2.24) is 4.98 Å². The Kier molecular flexibility index (Phi) is 10.2. The summed E-state index contributed by atoms with van der Waals surface area (Å²) in [5.41, 5.74) is 1.72. The molecule has 10 heteroatoms. The van der Waals surface area contributed by atoms with E-state index < -0.39 is 11.9 Å². The van der Waals surface area contributed by atoms with Crippen molar-refractivity contribution in [3.8, 4) is 11.3 Å². The van der Waals surface area contributed by atoms with Crippen molar-refractivity contribution in [3.63, 3.8) is 0 Å². The first-order valence-corrected chi connectivity index (χ1v) is 13.4. The molecular formula is C27H27Cl2FN2O4S. The van der Waals surface area contributed by atoms with Gasteiger partial charge in [0.15, 0.2) is 5.13 Å². The Balaban J connectivity index is 1.82. The molecule has 0 spiro atoms. The van der Waals surface area contributed by atoms with Crippen molar-refractivity contribution in [3.05, 3.63) is 73.8 Å². The zero-order chi connectivity index (χ0) is 27.1. The number of carboxylic acid groups (broad SMARTS) is 1. The van der Waals surface area contributed by atoms with E-state index in [0.29, 0.717) is 29.0 Å². The van der Waals surface area contributed by atoms with Crippen LogP contribution in [0.15, 0.2) is 41.3 Å². The number of nitrogens with zero attached hydrogens (tertiary/aromatic N) is 1.